The van der Waals surface area contributed by atoms with E-state index < -0.39 is 28.7 Å². The lowest BCUT2D eigenvalue weighted by Gasteiger charge is -2.31. The van der Waals surface area contributed by atoms with E-state index in [4.69, 9.17) is 11.6 Å². The van der Waals surface area contributed by atoms with Crippen LogP contribution in [0.2, 0.25) is 5.02 Å². The molecular formula is C26H32ClN3O4S. The predicted octanol–water partition coefficient (Wildman–Crippen LogP) is 4.21. The average Bonchev–Trinajstić information content (AvgIpc) is 2.82. The fourth-order valence-electron chi connectivity index (χ4n) is 4.11. The molecule has 2 aromatic carbocycles. The van der Waals surface area contributed by atoms with Gasteiger partial charge in [-0.15, -0.1) is 0 Å². The third kappa shape index (κ3) is 8.18. The molecule has 0 aromatic heterocycles. The van der Waals surface area contributed by atoms with Crippen molar-refractivity contribution in [2.45, 2.75) is 58.0 Å². The molecule has 1 saturated carbocycles. The topological polar surface area (TPSA) is 95.6 Å². The number of aryl methyl sites for hydroxylation is 1. The van der Waals surface area contributed by atoms with Crippen LogP contribution in [0.25, 0.3) is 0 Å². The minimum Gasteiger partial charge on any atom is -0.352 e. The number of anilines is 2. The zero-order chi connectivity index (χ0) is 25.4. The van der Waals surface area contributed by atoms with Gasteiger partial charge in [-0.1, -0.05) is 48.6 Å². The summed E-state index contributed by atoms with van der Waals surface area (Å²) in [6.07, 6.45) is 5.16. The molecule has 1 fully saturated rings. The van der Waals surface area contributed by atoms with Gasteiger partial charge in [-0.2, -0.15) is 0 Å². The molecule has 3 rings (SSSR count). The highest BCUT2D eigenvalue weighted by Crippen LogP contribution is 2.22. The summed E-state index contributed by atoms with van der Waals surface area (Å²) in [5, 5.41) is 6.24. The minimum atomic E-state index is -1.75. The van der Waals surface area contributed by atoms with E-state index in [0.29, 0.717) is 16.4 Å². The van der Waals surface area contributed by atoms with Crippen molar-refractivity contribution < 1.29 is 18.6 Å². The predicted molar refractivity (Wildman–Crippen MR) is 141 cm³/mol. The Balaban J connectivity index is 1.66. The number of carbonyl (C=O) groups excluding carboxylic acids is 3. The lowest BCUT2D eigenvalue weighted by atomic mass is 9.95. The van der Waals surface area contributed by atoms with Crippen molar-refractivity contribution in [1.29, 1.82) is 0 Å². The maximum Gasteiger partial charge on any atom is 0.243 e. The second-order valence-electron chi connectivity index (χ2n) is 8.90. The molecule has 0 bridgehead atoms. The Bertz CT molecular complexity index is 1050. The molecule has 0 saturated heterocycles. The molecule has 188 valence electrons. The van der Waals surface area contributed by atoms with Crippen LogP contribution in [-0.4, -0.2) is 45.5 Å². The number of rotatable bonds is 9. The summed E-state index contributed by atoms with van der Waals surface area (Å²) in [6.45, 7) is 3.59. The molecule has 2 aromatic rings. The summed E-state index contributed by atoms with van der Waals surface area (Å²) in [6, 6.07) is 13.1. The molecule has 0 aliphatic heterocycles. The molecule has 2 N–H and O–H groups in total. The van der Waals surface area contributed by atoms with Crippen molar-refractivity contribution in [3.63, 3.8) is 0 Å². The van der Waals surface area contributed by atoms with E-state index in [2.05, 4.69) is 10.6 Å². The van der Waals surface area contributed by atoms with Crippen LogP contribution in [0.3, 0.4) is 0 Å². The van der Waals surface area contributed by atoms with E-state index >= 15 is 0 Å². The van der Waals surface area contributed by atoms with Crippen LogP contribution in [0.15, 0.2) is 48.5 Å². The second-order valence-corrected chi connectivity index (χ2v) is 10.8. The fraction of sp³-hybridized carbons (Fsp3) is 0.423. The summed E-state index contributed by atoms with van der Waals surface area (Å²) in [7, 11) is -1.75. The Morgan fingerprint density at radius 1 is 1.00 bits per heavy atom. The first kappa shape index (κ1) is 26.9. The van der Waals surface area contributed by atoms with Crippen LogP contribution in [-0.2, 0) is 25.2 Å². The van der Waals surface area contributed by atoms with E-state index in [-0.39, 0.29) is 23.5 Å². The van der Waals surface area contributed by atoms with Gasteiger partial charge >= 0.3 is 0 Å². The van der Waals surface area contributed by atoms with Crippen LogP contribution in [0.1, 0.15) is 44.6 Å². The van der Waals surface area contributed by atoms with E-state index in [1.165, 1.54) is 11.3 Å². The SMILES string of the molecule is Cc1ccc(NC(=O)C[S@](=O)CC(=O)N(c2ccc(Cl)cc2)[C@@H](C)C(=O)NC2CCCCC2)cc1. The molecule has 0 heterocycles. The summed E-state index contributed by atoms with van der Waals surface area (Å²) < 4.78 is 12.7. The van der Waals surface area contributed by atoms with Crippen LogP contribution >= 0.6 is 11.6 Å². The molecule has 9 heteroatoms. The smallest absolute Gasteiger partial charge is 0.243 e. The molecule has 1 aliphatic rings. The Hall–Kier alpha value is -2.71. The Morgan fingerprint density at radius 2 is 1.63 bits per heavy atom. The first-order chi connectivity index (χ1) is 16.7. The number of carbonyl (C=O) groups is 3. The highest BCUT2D eigenvalue weighted by Gasteiger charge is 2.30. The monoisotopic (exact) mass is 517 g/mol. The third-order valence-corrected chi connectivity index (χ3v) is 7.41. The van der Waals surface area contributed by atoms with Gasteiger partial charge in [-0.25, -0.2) is 0 Å². The molecule has 0 unspecified atom stereocenters. The number of halogens is 1. The van der Waals surface area contributed by atoms with Gasteiger partial charge < -0.3 is 10.6 Å². The number of amides is 3. The molecule has 0 radical (unpaired) electrons. The van der Waals surface area contributed by atoms with E-state index in [0.717, 1.165) is 31.2 Å². The number of hydrogen-bond donors (Lipinski definition) is 2. The van der Waals surface area contributed by atoms with Gasteiger partial charge in [-0.05, 0) is 63.1 Å². The Labute approximate surface area is 214 Å². The second kappa shape index (κ2) is 12.8. The van der Waals surface area contributed by atoms with Gasteiger partial charge in [0.05, 0.1) is 0 Å². The minimum absolute atomic E-state index is 0.0977. The summed E-state index contributed by atoms with van der Waals surface area (Å²) >= 11 is 6.01. The number of nitrogens with zero attached hydrogens (tertiary/aromatic N) is 1. The first-order valence-corrected chi connectivity index (χ1v) is 13.7. The normalized spacial score (nSPS) is 15.6. The highest BCUT2D eigenvalue weighted by atomic mass is 35.5. The maximum atomic E-state index is 13.2. The summed E-state index contributed by atoms with van der Waals surface area (Å²) in [5.41, 5.74) is 2.13. The summed E-state index contributed by atoms with van der Waals surface area (Å²) in [5.74, 6) is -1.91. The van der Waals surface area contributed by atoms with Crippen molar-refractivity contribution in [3.05, 3.63) is 59.1 Å². The first-order valence-electron chi connectivity index (χ1n) is 11.8. The molecule has 1 aliphatic carbocycles. The third-order valence-electron chi connectivity index (χ3n) is 6.00. The van der Waals surface area contributed by atoms with Crippen molar-refractivity contribution >= 4 is 51.5 Å². The molecule has 3 amide bonds. The molecular weight excluding hydrogens is 486 g/mol. The quantitative estimate of drug-likeness (QED) is 0.521. The largest absolute Gasteiger partial charge is 0.352 e. The average molecular weight is 518 g/mol. The van der Waals surface area contributed by atoms with Gasteiger partial charge in [0, 0.05) is 33.2 Å². The van der Waals surface area contributed by atoms with Crippen molar-refractivity contribution in [3.8, 4) is 0 Å². The van der Waals surface area contributed by atoms with Gasteiger partial charge in [-0.3, -0.25) is 23.5 Å². The van der Waals surface area contributed by atoms with Crippen molar-refractivity contribution in [1.82, 2.24) is 5.32 Å². The van der Waals surface area contributed by atoms with E-state index in [1.807, 2.05) is 19.1 Å². The molecule has 7 nitrogen and oxygen atoms in total. The van der Waals surface area contributed by atoms with E-state index in [9.17, 15) is 18.6 Å². The highest BCUT2D eigenvalue weighted by molar-refractivity contribution is 7.86. The van der Waals surface area contributed by atoms with Crippen LogP contribution in [0.5, 0.6) is 0 Å². The maximum absolute atomic E-state index is 13.2. The van der Waals surface area contributed by atoms with E-state index in [1.54, 1.807) is 43.3 Å². The van der Waals surface area contributed by atoms with Crippen molar-refractivity contribution in [2.75, 3.05) is 21.7 Å². The standard InChI is InChI=1S/C26H32ClN3O4S/c1-18-8-12-22(13-9-18)28-24(31)16-35(34)17-25(32)30(23-14-10-20(27)11-15-23)19(2)26(33)29-21-6-4-3-5-7-21/h8-15,19,21H,3-7,16-17H2,1-2H3,(H,28,31)(H,29,33)/t19-,35-/m0/s1. The molecule has 35 heavy (non-hydrogen) atoms. The number of benzene rings is 2. The lowest BCUT2D eigenvalue weighted by molar-refractivity contribution is -0.126. The zero-order valence-corrected chi connectivity index (χ0v) is 21.7. The van der Waals surface area contributed by atoms with Gasteiger partial charge in [0.2, 0.25) is 17.7 Å². The number of nitrogens with one attached hydrogen (secondary N) is 2. The lowest BCUT2D eigenvalue weighted by Crippen LogP contribution is -2.52. The van der Waals surface area contributed by atoms with Crippen LogP contribution in [0.4, 0.5) is 11.4 Å². The molecule has 0 spiro atoms. The number of hydrogen-bond acceptors (Lipinski definition) is 4. The van der Waals surface area contributed by atoms with Crippen LogP contribution < -0.4 is 15.5 Å². The summed E-state index contributed by atoms with van der Waals surface area (Å²) in [4.78, 5) is 39.9. The fourth-order valence-corrected chi connectivity index (χ4v) is 5.12. The Kier molecular flexibility index (Phi) is 9.86. The Morgan fingerprint density at radius 3 is 2.26 bits per heavy atom. The van der Waals surface area contributed by atoms with Crippen molar-refractivity contribution in [2.24, 2.45) is 0 Å². The zero-order valence-electron chi connectivity index (χ0n) is 20.1. The van der Waals surface area contributed by atoms with Gasteiger partial charge in [0.1, 0.15) is 17.5 Å². The molecule has 2 atom stereocenters. The van der Waals surface area contributed by atoms with Gasteiger partial charge in [0.15, 0.2) is 0 Å². The van der Waals surface area contributed by atoms with Gasteiger partial charge in [0.25, 0.3) is 0 Å². The van der Waals surface area contributed by atoms with Crippen LogP contribution in [0, 0.1) is 6.92 Å².